The van der Waals surface area contributed by atoms with Gasteiger partial charge in [0.25, 0.3) is 11.8 Å². The van der Waals surface area contributed by atoms with E-state index in [4.69, 9.17) is 0 Å². The third-order valence-electron chi connectivity index (χ3n) is 7.39. The second kappa shape index (κ2) is 10.9. The maximum absolute atomic E-state index is 14.1. The number of rotatable bonds is 8. The molecule has 2 amide bonds. The Bertz CT molecular complexity index is 1540. The zero-order valence-electron chi connectivity index (χ0n) is 22.2. The van der Waals surface area contributed by atoms with Crippen LogP contribution in [0.1, 0.15) is 64.9 Å². The SMILES string of the molecule is Cc1ccc(C(=O)N[C@H]2CC[C@H](Nc3cc(NC4CC4)c4ncc(C(=O)Nc5ccncc5F)n4n3)CC2)cc1. The number of aromatic nitrogens is 4. The lowest BCUT2D eigenvalue weighted by atomic mass is 9.91. The number of nitrogens with one attached hydrogen (secondary N) is 4. The maximum Gasteiger partial charge on any atom is 0.276 e. The molecule has 11 heteroatoms. The number of hydrogen-bond donors (Lipinski definition) is 4. The van der Waals surface area contributed by atoms with Crippen LogP contribution in [0.25, 0.3) is 5.65 Å². The second-order valence-electron chi connectivity index (χ2n) is 10.6. The lowest BCUT2D eigenvalue weighted by Gasteiger charge is -2.30. The average molecular weight is 543 g/mol. The fourth-order valence-electron chi connectivity index (χ4n) is 4.98. The van der Waals surface area contributed by atoms with E-state index < -0.39 is 11.7 Å². The van der Waals surface area contributed by atoms with Crippen molar-refractivity contribution in [1.29, 1.82) is 0 Å². The van der Waals surface area contributed by atoms with Crippen LogP contribution in [0.2, 0.25) is 0 Å². The van der Waals surface area contributed by atoms with E-state index in [0.717, 1.165) is 56.0 Å². The first kappa shape index (κ1) is 25.7. The van der Waals surface area contributed by atoms with Crippen LogP contribution in [0.5, 0.6) is 0 Å². The summed E-state index contributed by atoms with van der Waals surface area (Å²) in [6.07, 6.45) is 9.47. The van der Waals surface area contributed by atoms with Gasteiger partial charge in [-0.2, -0.15) is 0 Å². The van der Waals surface area contributed by atoms with Gasteiger partial charge in [0.15, 0.2) is 17.2 Å². The number of hydrogen-bond acceptors (Lipinski definition) is 7. The Morgan fingerprint density at radius 2 is 1.57 bits per heavy atom. The summed E-state index contributed by atoms with van der Waals surface area (Å²) in [5, 5.41) is 17.4. The third-order valence-corrected chi connectivity index (χ3v) is 7.39. The Labute approximate surface area is 230 Å². The molecule has 0 atom stereocenters. The molecule has 1 aromatic carbocycles. The van der Waals surface area contributed by atoms with Gasteiger partial charge in [-0.3, -0.25) is 14.6 Å². The molecule has 0 spiro atoms. The first-order valence-corrected chi connectivity index (χ1v) is 13.6. The van der Waals surface area contributed by atoms with Crippen LogP contribution in [0.3, 0.4) is 0 Å². The van der Waals surface area contributed by atoms with Crippen LogP contribution in [0, 0.1) is 12.7 Å². The number of amides is 2. The molecule has 6 rings (SSSR count). The Kier molecular flexibility index (Phi) is 7.02. The number of aryl methyl sites for hydroxylation is 1. The fourth-order valence-corrected chi connectivity index (χ4v) is 4.98. The Morgan fingerprint density at radius 1 is 0.875 bits per heavy atom. The molecule has 40 heavy (non-hydrogen) atoms. The summed E-state index contributed by atoms with van der Waals surface area (Å²) in [5.41, 5.74) is 3.33. The van der Waals surface area contributed by atoms with Crippen molar-refractivity contribution in [2.45, 2.75) is 63.6 Å². The summed E-state index contributed by atoms with van der Waals surface area (Å²) in [7, 11) is 0. The van der Waals surface area contributed by atoms with E-state index in [9.17, 15) is 14.0 Å². The molecule has 4 aromatic rings. The minimum Gasteiger partial charge on any atom is -0.379 e. The van der Waals surface area contributed by atoms with Crippen molar-refractivity contribution in [3.63, 3.8) is 0 Å². The van der Waals surface area contributed by atoms with E-state index in [1.807, 2.05) is 37.3 Å². The van der Waals surface area contributed by atoms with Crippen molar-refractivity contribution in [2.75, 3.05) is 16.0 Å². The highest BCUT2D eigenvalue weighted by molar-refractivity contribution is 6.03. The van der Waals surface area contributed by atoms with Gasteiger partial charge in [-0.05, 0) is 63.6 Å². The van der Waals surface area contributed by atoms with Crippen molar-refractivity contribution in [2.24, 2.45) is 0 Å². The summed E-state index contributed by atoms with van der Waals surface area (Å²) in [5.74, 6) is -0.576. The normalized spacial score (nSPS) is 18.8. The number of carbonyl (C=O) groups excluding carboxylic acids is 2. The van der Waals surface area contributed by atoms with Gasteiger partial charge in [0.05, 0.1) is 23.8 Å². The van der Waals surface area contributed by atoms with Gasteiger partial charge in [-0.1, -0.05) is 17.7 Å². The lowest BCUT2D eigenvalue weighted by Crippen LogP contribution is -2.40. The van der Waals surface area contributed by atoms with E-state index in [-0.39, 0.29) is 29.4 Å². The molecular formula is C29H31FN8O2. The van der Waals surface area contributed by atoms with Crippen molar-refractivity contribution in [3.8, 4) is 0 Å². The number of halogens is 1. The first-order chi connectivity index (χ1) is 19.4. The molecule has 2 fully saturated rings. The van der Waals surface area contributed by atoms with E-state index in [1.54, 1.807) is 0 Å². The van der Waals surface area contributed by atoms with Gasteiger partial charge in [-0.25, -0.2) is 13.9 Å². The highest BCUT2D eigenvalue weighted by Crippen LogP contribution is 2.30. The van der Waals surface area contributed by atoms with E-state index in [1.165, 1.54) is 23.0 Å². The monoisotopic (exact) mass is 542 g/mol. The highest BCUT2D eigenvalue weighted by Gasteiger charge is 2.26. The van der Waals surface area contributed by atoms with Crippen LogP contribution in [-0.2, 0) is 0 Å². The predicted molar refractivity (Wildman–Crippen MR) is 150 cm³/mol. The predicted octanol–water partition coefficient (Wildman–Crippen LogP) is 4.55. The standard InChI is InChI=1S/C29H31FN8O2/c1-17-2-4-18(5-3-17)28(39)35-21-10-8-20(9-11-21)34-26-14-24(33-19-6-7-19)27-32-16-25(38(27)37-26)29(40)36-23-12-13-31-15-22(23)30/h2-5,12-16,19-21,33H,6-11H2,1H3,(H,34,37)(H,35,39)(H,31,36,40)/t20-,21-. The smallest absolute Gasteiger partial charge is 0.276 e. The molecule has 0 bridgehead atoms. The molecule has 0 aliphatic heterocycles. The van der Waals surface area contributed by atoms with Crippen LogP contribution in [-0.4, -0.2) is 49.5 Å². The lowest BCUT2D eigenvalue weighted by molar-refractivity contribution is 0.0925. The Balaban J connectivity index is 1.15. The Hall–Kier alpha value is -4.54. The van der Waals surface area contributed by atoms with E-state index in [2.05, 4.69) is 36.3 Å². The van der Waals surface area contributed by atoms with Crippen LogP contribution in [0.4, 0.5) is 21.6 Å². The second-order valence-corrected chi connectivity index (χ2v) is 10.6. The molecular weight excluding hydrogens is 511 g/mol. The van der Waals surface area contributed by atoms with Gasteiger partial charge in [0, 0.05) is 36.0 Å². The summed E-state index contributed by atoms with van der Waals surface area (Å²) in [6, 6.07) is 11.6. The molecule has 3 aromatic heterocycles. The number of pyridine rings is 1. The zero-order valence-corrected chi connectivity index (χ0v) is 22.2. The van der Waals surface area contributed by atoms with Gasteiger partial charge in [0.2, 0.25) is 0 Å². The number of carbonyl (C=O) groups is 2. The summed E-state index contributed by atoms with van der Waals surface area (Å²) in [4.78, 5) is 33.9. The maximum atomic E-state index is 14.1. The molecule has 2 aliphatic carbocycles. The van der Waals surface area contributed by atoms with Crippen molar-refractivity contribution in [1.82, 2.24) is 24.9 Å². The quantitative estimate of drug-likeness (QED) is 0.257. The molecule has 206 valence electrons. The number of fused-ring (bicyclic) bond motifs is 1. The molecule has 0 unspecified atom stereocenters. The van der Waals surface area contributed by atoms with Crippen LogP contribution >= 0.6 is 0 Å². The molecule has 2 saturated carbocycles. The van der Waals surface area contributed by atoms with Crippen LogP contribution in [0.15, 0.2) is 55.0 Å². The van der Waals surface area contributed by atoms with Gasteiger partial charge < -0.3 is 21.3 Å². The summed E-state index contributed by atoms with van der Waals surface area (Å²) in [6.45, 7) is 2.00. The number of imidazole rings is 1. The highest BCUT2D eigenvalue weighted by atomic mass is 19.1. The number of benzene rings is 1. The molecule has 2 aliphatic rings. The van der Waals surface area contributed by atoms with Gasteiger partial charge in [-0.15, -0.1) is 5.10 Å². The molecule has 3 heterocycles. The number of anilines is 3. The average Bonchev–Trinajstić information content (AvgIpc) is 3.66. The van der Waals surface area contributed by atoms with Crippen molar-refractivity contribution < 1.29 is 14.0 Å². The van der Waals surface area contributed by atoms with Gasteiger partial charge >= 0.3 is 0 Å². The first-order valence-electron chi connectivity index (χ1n) is 13.6. The summed E-state index contributed by atoms with van der Waals surface area (Å²) < 4.78 is 15.6. The van der Waals surface area contributed by atoms with Gasteiger partial charge in [0.1, 0.15) is 5.82 Å². The minimum atomic E-state index is -0.623. The molecule has 10 nitrogen and oxygen atoms in total. The molecule has 0 radical (unpaired) electrons. The zero-order chi connectivity index (χ0) is 27.6. The third kappa shape index (κ3) is 5.73. The van der Waals surface area contributed by atoms with E-state index >= 15 is 0 Å². The Morgan fingerprint density at radius 3 is 2.30 bits per heavy atom. The molecule has 0 saturated heterocycles. The molecule has 4 N–H and O–H groups in total. The van der Waals surface area contributed by atoms with Crippen molar-refractivity contribution >= 4 is 34.7 Å². The fraction of sp³-hybridized carbons (Fsp3) is 0.345. The minimum absolute atomic E-state index is 0.0341. The van der Waals surface area contributed by atoms with Crippen LogP contribution < -0.4 is 21.3 Å². The largest absolute Gasteiger partial charge is 0.379 e. The van der Waals surface area contributed by atoms with Crippen molar-refractivity contribution in [3.05, 3.63) is 77.6 Å². The topological polar surface area (TPSA) is 125 Å². The summed E-state index contributed by atoms with van der Waals surface area (Å²) >= 11 is 0. The van der Waals surface area contributed by atoms with E-state index in [0.29, 0.717) is 23.1 Å². The number of nitrogens with zero attached hydrogens (tertiary/aromatic N) is 4.